The molecule has 1 aromatic heterocycles. The van der Waals surface area contributed by atoms with E-state index in [0.29, 0.717) is 45.7 Å². The predicted molar refractivity (Wildman–Crippen MR) is 142 cm³/mol. The number of halogens is 8. The van der Waals surface area contributed by atoms with E-state index in [2.05, 4.69) is 15.4 Å². The van der Waals surface area contributed by atoms with Crippen molar-refractivity contribution in [3.05, 3.63) is 69.8 Å². The summed E-state index contributed by atoms with van der Waals surface area (Å²) in [6.45, 7) is 0.263. The first-order valence-corrected chi connectivity index (χ1v) is 13.6. The number of benzene rings is 2. The van der Waals surface area contributed by atoms with Crippen molar-refractivity contribution in [2.45, 2.75) is 44.2 Å². The van der Waals surface area contributed by atoms with Gasteiger partial charge in [0.25, 0.3) is 12.3 Å². The average molecular weight is 618 g/mol. The molecule has 1 amide bonds. The normalized spacial score (nSPS) is 19.4. The third-order valence-corrected chi connectivity index (χ3v) is 7.93. The highest BCUT2D eigenvalue weighted by molar-refractivity contribution is 8.18. The van der Waals surface area contributed by atoms with Crippen molar-refractivity contribution in [2.24, 2.45) is 4.99 Å². The van der Waals surface area contributed by atoms with Gasteiger partial charge < -0.3 is 10.2 Å². The Morgan fingerprint density at radius 3 is 2.57 bits per heavy atom. The number of hydrogen-bond acceptors (Lipinski definition) is 5. The standard InChI is InChI=1S/C27H23F8N5OS/c28-23(29)12-36-19-2-1-7-39(14-19)25-38-24(41)22(42-25)9-15-3-6-21-17(8-15)11-37-40(21)13-16-4-5-18(26(30,31)32)10-20(16)27(33,34)35/h3-6,8-11,19,23,36H,1-2,7,12-14H2/b22-9+/t19-/m0/s1. The molecule has 0 aliphatic carbocycles. The maximum Gasteiger partial charge on any atom is 0.416 e. The van der Waals surface area contributed by atoms with Gasteiger partial charge >= 0.3 is 12.4 Å². The van der Waals surface area contributed by atoms with Gasteiger partial charge in [0.2, 0.25) is 0 Å². The molecule has 42 heavy (non-hydrogen) atoms. The van der Waals surface area contributed by atoms with Gasteiger partial charge in [-0.15, -0.1) is 0 Å². The van der Waals surface area contributed by atoms with Crippen molar-refractivity contribution in [1.82, 2.24) is 20.0 Å². The molecule has 2 aliphatic heterocycles. The lowest BCUT2D eigenvalue weighted by atomic mass is 10.0. The number of fused-ring (bicyclic) bond motifs is 1. The molecule has 1 saturated heterocycles. The highest BCUT2D eigenvalue weighted by Gasteiger charge is 2.38. The van der Waals surface area contributed by atoms with E-state index in [4.69, 9.17) is 0 Å². The summed E-state index contributed by atoms with van der Waals surface area (Å²) in [6.07, 6.45) is -7.84. The first-order chi connectivity index (χ1) is 19.8. The van der Waals surface area contributed by atoms with Crippen LogP contribution in [0.5, 0.6) is 0 Å². The number of nitrogens with one attached hydrogen (secondary N) is 1. The van der Waals surface area contributed by atoms with Crippen molar-refractivity contribution in [3.8, 4) is 0 Å². The maximum absolute atomic E-state index is 13.6. The first kappa shape index (κ1) is 30.0. The lowest BCUT2D eigenvalue weighted by molar-refractivity contribution is -0.143. The zero-order valence-electron chi connectivity index (χ0n) is 21.6. The maximum atomic E-state index is 13.6. The molecule has 15 heteroatoms. The Kier molecular flexibility index (Phi) is 8.34. The molecule has 6 nitrogen and oxygen atoms in total. The van der Waals surface area contributed by atoms with Crippen LogP contribution in [0.2, 0.25) is 0 Å². The van der Waals surface area contributed by atoms with Crippen LogP contribution >= 0.6 is 11.8 Å². The summed E-state index contributed by atoms with van der Waals surface area (Å²) in [5.74, 6) is -0.449. The molecule has 0 radical (unpaired) electrons. The molecule has 0 spiro atoms. The van der Waals surface area contributed by atoms with E-state index in [1.54, 1.807) is 24.3 Å². The minimum atomic E-state index is -5.00. The molecule has 3 aromatic rings. The van der Waals surface area contributed by atoms with Crippen LogP contribution in [0.4, 0.5) is 35.1 Å². The Balaban J connectivity index is 1.31. The number of amidine groups is 1. The Hall–Kier alpha value is -3.46. The highest BCUT2D eigenvalue weighted by Crippen LogP contribution is 2.38. The molecular formula is C27H23F8N5OS. The van der Waals surface area contributed by atoms with Gasteiger partial charge in [0.15, 0.2) is 5.17 Å². The van der Waals surface area contributed by atoms with Gasteiger partial charge in [-0.1, -0.05) is 12.1 Å². The second-order valence-corrected chi connectivity index (χ2v) is 10.9. The summed E-state index contributed by atoms with van der Waals surface area (Å²) >= 11 is 1.17. The summed E-state index contributed by atoms with van der Waals surface area (Å²) in [7, 11) is 0. The number of piperidine rings is 1. The van der Waals surface area contributed by atoms with Crippen LogP contribution in [0, 0.1) is 0 Å². The van der Waals surface area contributed by atoms with Crippen LogP contribution in [0.3, 0.4) is 0 Å². The number of likely N-dealkylation sites (tertiary alicyclic amines) is 1. The second-order valence-electron chi connectivity index (χ2n) is 9.88. The lowest BCUT2D eigenvalue weighted by Gasteiger charge is -2.33. The molecule has 0 unspecified atom stereocenters. The largest absolute Gasteiger partial charge is 0.416 e. The minimum absolute atomic E-state index is 0.0991. The number of aromatic nitrogens is 2. The van der Waals surface area contributed by atoms with E-state index in [1.165, 1.54) is 22.6 Å². The number of carbonyl (C=O) groups is 1. The van der Waals surface area contributed by atoms with E-state index < -0.39 is 48.9 Å². The smallest absolute Gasteiger partial charge is 0.349 e. The molecule has 224 valence electrons. The van der Waals surface area contributed by atoms with Gasteiger partial charge in [0.1, 0.15) is 0 Å². The Morgan fingerprint density at radius 1 is 1.07 bits per heavy atom. The number of alkyl halides is 8. The van der Waals surface area contributed by atoms with E-state index in [1.807, 2.05) is 4.90 Å². The van der Waals surface area contributed by atoms with Crippen LogP contribution < -0.4 is 5.32 Å². The fourth-order valence-electron chi connectivity index (χ4n) is 4.90. The van der Waals surface area contributed by atoms with E-state index >= 15 is 0 Å². The van der Waals surface area contributed by atoms with E-state index in [9.17, 15) is 39.9 Å². The molecular weight excluding hydrogens is 594 g/mol. The Morgan fingerprint density at radius 2 is 1.86 bits per heavy atom. The molecule has 2 aliphatic rings. The number of thioether (sulfide) groups is 1. The SMILES string of the molecule is O=C1N=C(N2CCC[C@H](NCC(F)F)C2)S/C1=C/c1ccc2c(cnn2Cc2ccc(C(F)(F)F)cc2C(F)(F)F)c1. The Labute approximate surface area is 238 Å². The summed E-state index contributed by atoms with van der Waals surface area (Å²) in [6, 6.07) is 6.29. The monoisotopic (exact) mass is 617 g/mol. The van der Waals surface area contributed by atoms with Gasteiger partial charge in [0, 0.05) is 24.5 Å². The van der Waals surface area contributed by atoms with Crippen LogP contribution in [0.25, 0.3) is 17.0 Å². The zero-order chi connectivity index (χ0) is 30.2. The van der Waals surface area contributed by atoms with Gasteiger partial charge in [-0.2, -0.15) is 36.4 Å². The van der Waals surface area contributed by atoms with Crippen molar-refractivity contribution in [1.29, 1.82) is 0 Å². The number of aliphatic imine (C=N–C) groups is 1. The Bertz CT molecular complexity index is 1550. The molecule has 2 aromatic carbocycles. The van der Waals surface area contributed by atoms with E-state index in [-0.39, 0.29) is 17.7 Å². The fourth-order valence-corrected chi connectivity index (χ4v) is 5.84. The van der Waals surface area contributed by atoms with Crippen molar-refractivity contribution in [3.63, 3.8) is 0 Å². The number of hydrogen-bond donors (Lipinski definition) is 1. The summed E-state index contributed by atoms with van der Waals surface area (Å²) in [5, 5.41) is 7.99. The third-order valence-electron chi connectivity index (χ3n) is 6.89. The quantitative estimate of drug-likeness (QED) is 0.256. The summed E-state index contributed by atoms with van der Waals surface area (Å²) in [4.78, 5) is 19.0. The number of carbonyl (C=O) groups excluding carboxylic acids is 1. The number of rotatable bonds is 6. The van der Waals surface area contributed by atoms with Crippen LogP contribution in [-0.4, -0.2) is 57.9 Å². The highest BCUT2D eigenvalue weighted by atomic mass is 32.2. The van der Waals surface area contributed by atoms with Gasteiger partial charge in [-0.3, -0.25) is 9.48 Å². The molecule has 0 saturated carbocycles. The van der Waals surface area contributed by atoms with Crippen LogP contribution in [0.15, 0.2) is 52.5 Å². The lowest BCUT2D eigenvalue weighted by Crippen LogP contribution is -2.48. The number of nitrogens with zero attached hydrogens (tertiary/aromatic N) is 4. The van der Waals surface area contributed by atoms with Crippen molar-refractivity contribution in [2.75, 3.05) is 19.6 Å². The predicted octanol–water partition coefficient (Wildman–Crippen LogP) is 6.41. The molecule has 1 N–H and O–H groups in total. The third kappa shape index (κ3) is 6.77. The van der Waals surface area contributed by atoms with E-state index in [0.717, 1.165) is 18.9 Å². The zero-order valence-corrected chi connectivity index (χ0v) is 22.5. The molecule has 3 heterocycles. The second kappa shape index (κ2) is 11.7. The molecule has 5 rings (SSSR count). The minimum Gasteiger partial charge on any atom is -0.349 e. The van der Waals surface area contributed by atoms with Crippen molar-refractivity contribution >= 4 is 39.8 Å². The van der Waals surface area contributed by atoms with Crippen molar-refractivity contribution < 1.29 is 39.9 Å². The molecule has 1 fully saturated rings. The van der Waals surface area contributed by atoms with Gasteiger partial charge in [-0.25, -0.2) is 8.78 Å². The van der Waals surface area contributed by atoms with Gasteiger partial charge in [0.05, 0.1) is 40.8 Å². The van der Waals surface area contributed by atoms with Crippen LogP contribution in [-0.2, 0) is 23.7 Å². The fraction of sp³-hybridized carbons (Fsp3) is 0.370. The summed E-state index contributed by atoms with van der Waals surface area (Å²) in [5.41, 5.74) is -2.09. The first-order valence-electron chi connectivity index (χ1n) is 12.8. The van der Waals surface area contributed by atoms with Crippen LogP contribution in [0.1, 0.15) is 35.1 Å². The average Bonchev–Trinajstić information content (AvgIpc) is 3.49. The molecule has 0 bridgehead atoms. The number of amides is 1. The topological polar surface area (TPSA) is 62.5 Å². The molecule has 1 atom stereocenters. The van der Waals surface area contributed by atoms with Gasteiger partial charge in [-0.05, 0) is 66.1 Å². The summed E-state index contributed by atoms with van der Waals surface area (Å²) < 4.78 is 106.